The summed E-state index contributed by atoms with van der Waals surface area (Å²) in [6.07, 6.45) is 2.62. The van der Waals surface area contributed by atoms with Crippen LogP contribution in [0.4, 0.5) is 5.69 Å². The molecule has 3 N–H and O–H groups in total. The first-order chi connectivity index (χ1) is 14.9. The lowest BCUT2D eigenvalue weighted by Gasteiger charge is -2.08. The average molecular weight is 429 g/mol. The molecule has 4 aromatic carbocycles. The molecule has 0 atom stereocenters. The Morgan fingerprint density at radius 3 is 2.29 bits per heavy atom. The zero-order valence-corrected chi connectivity index (χ0v) is 17.4. The average Bonchev–Trinajstić information content (AvgIpc) is 3.20. The summed E-state index contributed by atoms with van der Waals surface area (Å²) in [7, 11) is -3.79. The number of nitrogens with two attached hydrogens (primary N) is 1. The van der Waals surface area contributed by atoms with Crippen molar-refractivity contribution < 1.29 is 8.42 Å². The largest absolute Gasteiger partial charge is 0.296 e. The van der Waals surface area contributed by atoms with E-state index in [1.165, 1.54) is 27.1 Å². The van der Waals surface area contributed by atoms with Crippen molar-refractivity contribution in [3.63, 3.8) is 0 Å². The predicted octanol–water partition coefficient (Wildman–Crippen LogP) is 4.38. The molecular weight excluding hydrogens is 408 g/mol. The van der Waals surface area contributed by atoms with Crippen LogP contribution in [0.5, 0.6) is 0 Å². The van der Waals surface area contributed by atoms with E-state index in [4.69, 9.17) is 10.2 Å². The second-order valence-electron chi connectivity index (χ2n) is 7.46. The predicted molar refractivity (Wildman–Crippen MR) is 125 cm³/mol. The van der Waals surface area contributed by atoms with Gasteiger partial charge in [0.2, 0.25) is 0 Å². The fourth-order valence-corrected chi connectivity index (χ4v) is 4.29. The van der Waals surface area contributed by atoms with Crippen molar-refractivity contribution >= 4 is 37.4 Å². The Morgan fingerprint density at radius 2 is 1.55 bits per heavy atom. The molecule has 6 nitrogen and oxygen atoms in total. The number of aromatic nitrogens is 2. The van der Waals surface area contributed by atoms with Crippen LogP contribution in [0.15, 0.2) is 91.1 Å². The van der Waals surface area contributed by atoms with Gasteiger partial charge in [0.05, 0.1) is 11.4 Å². The van der Waals surface area contributed by atoms with Gasteiger partial charge in [-0.05, 0) is 69.6 Å². The van der Waals surface area contributed by atoms with Gasteiger partial charge in [-0.1, -0.05) is 42.5 Å². The second-order valence-corrected chi connectivity index (χ2v) is 8.75. The highest BCUT2D eigenvalue weighted by molar-refractivity contribution is 7.90. The monoisotopic (exact) mass is 428 g/mol. The molecule has 0 saturated carbocycles. The van der Waals surface area contributed by atoms with Crippen LogP contribution in [0.1, 0.15) is 11.3 Å². The Bertz CT molecular complexity index is 1510. The van der Waals surface area contributed by atoms with Gasteiger partial charge < -0.3 is 0 Å². The van der Waals surface area contributed by atoms with Crippen LogP contribution in [0.25, 0.3) is 27.2 Å². The first-order valence-corrected chi connectivity index (χ1v) is 11.4. The van der Waals surface area contributed by atoms with Gasteiger partial charge in [-0.15, -0.1) is 0 Å². The highest BCUT2D eigenvalue weighted by atomic mass is 32.2. The quantitative estimate of drug-likeness (QED) is 0.407. The molecule has 0 unspecified atom stereocenters. The van der Waals surface area contributed by atoms with E-state index in [1.54, 1.807) is 28.9 Å². The van der Waals surface area contributed by atoms with E-state index >= 15 is 0 Å². The zero-order chi connectivity index (χ0) is 21.4. The molecule has 0 aliphatic rings. The van der Waals surface area contributed by atoms with Gasteiger partial charge in [-0.3, -0.25) is 4.72 Å². The van der Waals surface area contributed by atoms with Crippen LogP contribution < -0.4 is 9.86 Å². The third kappa shape index (κ3) is 4.14. The van der Waals surface area contributed by atoms with Crippen LogP contribution >= 0.6 is 0 Å². The standard InChI is InChI=1S/C24H20N4O2S/c25-31(29,30)27-21-8-10-23(11-9-21)28-13-12-22(26-28)15-20-7-3-6-19-14-17-4-1-2-5-18(17)16-24(19)20/h1-14,16,27H,15H2,(H2,25,29,30). The normalized spacial score (nSPS) is 11.8. The molecule has 0 saturated heterocycles. The third-order valence-corrected chi connectivity index (χ3v) is 5.77. The first kappa shape index (κ1) is 19.3. The Morgan fingerprint density at radius 1 is 0.839 bits per heavy atom. The number of anilines is 1. The Balaban J connectivity index is 1.43. The molecule has 1 heterocycles. The van der Waals surface area contributed by atoms with Crippen LogP contribution in [-0.2, 0) is 16.6 Å². The van der Waals surface area contributed by atoms with Crippen molar-refractivity contribution in [3.05, 3.63) is 102 Å². The molecule has 0 fully saturated rings. The van der Waals surface area contributed by atoms with Crippen molar-refractivity contribution in [2.24, 2.45) is 5.14 Å². The van der Waals surface area contributed by atoms with E-state index < -0.39 is 10.2 Å². The molecule has 0 radical (unpaired) electrons. The summed E-state index contributed by atoms with van der Waals surface area (Å²) in [4.78, 5) is 0. The van der Waals surface area contributed by atoms with Crippen molar-refractivity contribution in [1.29, 1.82) is 0 Å². The summed E-state index contributed by atoms with van der Waals surface area (Å²) in [6.45, 7) is 0. The maximum atomic E-state index is 11.1. The number of benzene rings is 4. The molecule has 0 spiro atoms. The van der Waals surface area contributed by atoms with E-state index in [1.807, 2.05) is 12.3 Å². The molecular formula is C24H20N4O2S. The number of nitrogens with zero attached hydrogens (tertiary/aromatic N) is 2. The summed E-state index contributed by atoms with van der Waals surface area (Å²) in [5, 5.41) is 14.6. The second kappa shape index (κ2) is 7.54. The molecule has 5 rings (SSSR count). The molecule has 0 aliphatic heterocycles. The zero-order valence-electron chi connectivity index (χ0n) is 16.6. The maximum Gasteiger partial charge on any atom is 0.296 e. The van der Waals surface area contributed by atoms with Gasteiger partial charge >= 0.3 is 0 Å². The fraction of sp³-hybridized carbons (Fsp3) is 0.0417. The molecule has 154 valence electrons. The minimum Gasteiger partial charge on any atom is -0.271 e. The highest BCUT2D eigenvalue weighted by Gasteiger charge is 2.08. The van der Waals surface area contributed by atoms with Crippen LogP contribution in [-0.4, -0.2) is 18.2 Å². The minimum absolute atomic E-state index is 0.404. The SMILES string of the molecule is NS(=O)(=O)Nc1ccc(-n2ccc(Cc3cccc4cc5ccccc5cc34)n2)cc1. The lowest BCUT2D eigenvalue weighted by atomic mass is 9.97. The van der Waals surface area contributed by atoms with Crippen LogP contribution in [0.3, 0.4) is 0 Å². The third-order valence-electron chi connectivity index (χ3n) is 5.24. The molecule has 0 aliphatic carbocycles. The minimum atomic E-state index is -3.79. The van der Waals surface area contributed by atoms with Crippen molar-refractivity contribution in [2.75, 3.05) is 4.72 Å². The molecule has 7 heteroatoms. The molecule has 31 heavy (non-hydrogen) atoms. The van der Waals surface area contributed by atoms with Gasteiger partial charge in [-0.25, -0.2) is 9.82 Å². The Hall–Kier alpha value is -3.68. The summed E-state index contributed by atoms with van der Waals surface area (Å²) in [5.74, 6) is 0. The van der Waals surface area contributed by atoms with Gasteiger partial charge in [-0.2, -0.15) is 13.5 Å². The first-order valence-electron chi connectivity index (χ1n) is 9.81. The number of hydrogen-bond acceptors (Lipinski definition) is 3. The molecule has 0 bridgehead atoms. The van der Waals surface area contributed by atoms with Crippen molar-refractivity contribution in [3.8, 4) is 5.69 Å². The number of fused-ring (bicyclic) bond motifs is 2. The van der Waals surface area contributed by atoms with Gasteiger partial charge in [0, 0.05) is 18.3 Å². The molecule has 1 aromatic heterocycles. The highest BCUT2D eigenvalue weighted by Crippen LogP contribution is 2.27. The lowest BCUT2D eigenvalue weighted by Crippen LogP contribution is -2.21. The fourth-order valence-electron chi connectivity index (χ4n) is 3.83. The Kier molecular flexibility index (Phi) is 4.69. The van der Waals surface area contributed by atoms with E-state index in [9.17, 15) is 8.42 Å². The van der Waals surface area contributed by atoms with E-state index in [0.29, 0.717) is 12.1 Å². The number of nitrogens with one attached hydrogen (secondary N) is 1. The van der Waals surface area contributed by atoms with E-state index in [-0.39, 0.29) is 0 Å². The van der Waals surface area contributed by atoms with E-state index in [2.05, 4.69) is 59.3 Å². The number of rotatable bonds is 5. The summed E-state index contributed by atoms with van der Waals surface area (Å²) in [6, 6.07) is 28.1. The smallest absolute Gasteiger partial charge is 0.271 e. The van der Waals surface area contributed by atoms with E-state index in [0.717, 1.165) is 11.4 Å². The van der Waals surface area contributed by atoms with Crippen LogP contribution in [0.2, 0.25) is 0 Å². The van der Waals surface area contributed by atoms with Gasteiger partial charge in [0.15, 0.2) is 0 Å². The summed E-state index contributed by atoms with van der Waals surface area (Å²) >= 11 is 0. The molecule has 0 amide bonds. The topological polar surface area (TPSA) is 90.0 Å². The summed E-state index contributed by atoms with van der Waals surface area (Å²) in [5.41, 5.74) is 3.41. The maximum absolute atomic E-state index is 11.1. The molecule has 5 aromatic rings. The van der Waals surface area contributed by atoms with Crippen molar-refractivity contribution in [1.82, 2.24) is 9.78 Å². The Labute approximate surface area is 180 Å². The van der Waals surface area contributed by atoms with Crippen molar-refractivity contribution in [2.45, 2.75) is 6.42 Å². The summed E-state index contributed by atoms with van der Waals surface area (Å²) < 4.78 is 26.3. The number of hydrogen-bond donors (Lipinski definition) is 2. The van der Waals surface area contributed by atoms with Crippen LogP contribution in [0, 0.1) is 0 Å². The lowest BCUT2D eigenvalue weighted by molar-refractivity contribution is 0.603. The van der Waals surface area contributed by atoms with Gasteiger partial charge in [0.25, 0.3) is 10.2 Å². The van der Waals surface area contributed by atoms with Gasteiger partial charge in [0.1, 0.15) is 0 Å².